The number of halogens is 1. The molecule has 1 aromatic carbocycles. The summed E-state index contributed by atoms with van der Waals surface area (Å²) in [6.45, 7) is 0.679. The lowest BCUT2D eigenvalue weighted by atomic mass is 10.1. The van der Waals surface area contributed by atoms with E-state index in [0.717, 1.165) is 5.69 Å². The predicted molar refractivity (Wildman–Crippen MR) is 80.2 cm³/mol. The van der Waals surface area contributed by atoms with Crippen LogP contribution in [-0.4, -0.2) is 44.8 Å². The van der Waals surface area contributed by atoms with Gasteiger partial charge in [0, 0.05) is 24.3 Å². The van der Waals surface area contributed by atoms with Crippen molar-refractivity contribution in [3.8, 4) is 5.69 Å². The molecule has 0 unspecified atom stereocenters. The topological polar surface area (TPSA) is 75.4 Å². The molecule has 1 atom stereocenters. The van der Waals surface area contributed by atoms with Crippen LogP contribution in [0.1, 0.15) is 16.9 Å². The molecule has 6 nitrogen and oxygen atoms in total. The molecular weight excluding hydrogens is 306 g/mol. The molecule has 0 bridgehead atoms. The van der Waals surface area contributed by atoms with Gasteiger partial charge in [-0.3, -0.25) is 9.59 Å². The molecule has 1 saturated heterocycles. The van der Waals surface area contributed by atoms with Crippen molar-refractivity contribution < 1.29 is 14.7 Å². The molecule has 7 heteroatoms. The van der Waals surface area contributed by atoms with Crippen molar-refractivity contribution >= 4 is 23.5 Å². The Bertz CT molecular complexity index is 728. The third kappa shape index (κ3) is 2.82. The Kier molecular flexibility index (Phi) is 3.85. The molecule has 1 amide bonds. The summed E-state index contributed by atoms with van der Waals surface area (Å²) in [4.78, 5) is 24.8. The number of hydrogen-bond acceptors (Lipinski definition) is 3. The maximum Gasteiger partial charge on any atom is 0.308 e. The molecule has 2 aromatic rings. The molecule has 0 saturated carbocycles. The molecule has 1 aromatic heterocycles. The van der Waals surface area contributed by atoms with E-state index in [2.05, 4.69) is 5.10 Å². The number of rotatable bonds is 3. The van der Waals surface area contributed by atoms with Crippen molar-refractivity contribution in [1.29, 1.82) is 0 Å². The van der Waals surface area contributed by atoms with Crippen LogP contribution in [0.4, 0.5) is 0 Å². The van der Waals surface area contributed by atoms with E-state index in [1.807, 2.05) is 6.07 Å². The van der Waals surface area contributed by atoms with Crippen LogP contribution in [-0.2, 0) is 4.79 Å². The molecule has 0 radical (unpaired) electrons. The highest BCUT2D eigenvalue weighted by Gasteiger charge is 2.32. The van der Waals surface area contributed by atoms with E-state index < -0.39 is 11.9 Å². The van der Waals surface area contributed by atoms with Gasteiger partial charge in [0.15, 0.2) is 5.69 Å². The first-order valence-corrected chi connectivity index (χ1v) is 7.26. The number of carboxylic acids is 1. The third-order valence-electron chi connectivity index (χ3n) is 3.71. The molecule has 114 valence electrons. The number of amides is 1. The first-order chi connectivity index (χ1) is 10.5. The SMILES string of the molecule is O=C(O)[C@H]1CCN(C(=O)c2ccn(-c3cccc(Cl)c3)n2)C1. The maximum atomic E-state index is 12.4. The lowest BCUT2D eigenvalue weighted by Crippen LogP contribution is -2.30. The molecule has 1 fully saturated rings. The smallest absolute Gasteiger partial charge is 0.308 e. The summed E-state index contributed by atoms with van der Waals surface area (Å²) >= 11 is 5.94. The van der Waals surface area contributed by atoms with Crippen molar-refractivity contribution in [3.05, 3.63) is 47.2 Å². The molecule has 22 heavy (non-hydrogen) atoms. The lowest BCUT2D eigenvalue weighted by molar-refractivity contribution is -0.141. The third-order valence-corrected chi connectivity index (χ3v) is 3.94. The number of benzene rings is 1. The highest BCUT2D eigenvalue weighted by Crippen LogP contribution is 2.19. The maximum absolute atomic E-state index is 12.4. The van der Waals surface area contributed by atoms with Crippen molar-refractivity contribution in [1.82, 2.24) is 14.7 Å². The minimum Gasteiger partial charge on any atom is -0.481 e. The second-order valence-electron chi connectivity index (χ2n) is 5.20. The average Bonchev–Trinajstić information content (AvgIpc) is 3.16. The van der Waals surface area contributed by atoms with Crippen LogP contribution in [0.5, 0.6) is 0 Å². The fraction of sp³-hybridized carbons (Fsp3) is 0.267. The second kappa shape index (κ2) is 5.81. The van der Waals surface area contributed by atoms with Crippen LogP contribution in [0.15, 0.2) is 36.5 Å². The average molecular weight is 320 g/mol. The number of hydrogen-bond donors (Lipinski definition) is 1. The number of aliphatic carboxylic acids is 1. The Morgan fingerprint density at radius 2 is 2.14 bits per heavy atom. The van der Waals surface area contributed by atoms with Crippen molar-refractivity contribution in [2.75, 3.05) is 13.1 Å². The Morgan fingerprint density at radius 3 is 2.82 bits per heavy atom. The van der Waals surface area contributed by atoms with Crippen LogP contribution < -0.4 is 0 Å². The lowest BCUT2D eigenvalue weighted by Gasteiger charge is -2.13. The first-order valence-electron chi connectivity index (χ1n) is 6.88. The highest BCUT2D eigenvalue weighted by atomic mass is 35.5. The van der Waals surface area contributed by atoms with Gasteiger partial charge < -0.3 is 10.0 Å². The largest absolute Gasteiger partial charge is 0.481 e. The van der Waals surface area contributed by atoms with Gasteiger partial charge in [0.05, 0.1) is 11.6 Å². The zero-order valence-electron chi connectivity index (χ0n) is 11.6. The summed E-state index contributed by atoms with van der Waals surface area (Å²) in [6, 6.07) is 8.77. The van der Waals surface area contributed by atoms with Crippen LogP contribution >= 0.6 is 11.6 Å². The van der Waals surface area contributed by atoms with E-state index in [1.165, 1.54) is 4.90 Å². The first kappa shape index (κ1) is 14.6. The van der Waals surface area contributed by atoms with Crippen molar-refractivity contribution in [2.45, 2.75) is 6.42 Å². The molecular formula is C15H14ClN3O3. The summed E-state index contributed by atoms with van der Waals surface area (Å²) in [5, 5.41) is 13.8. The van der Waals surface area contributed by atoms with E-state index in [4.69, 9.17) is 16.7 Å². The van der Waals surface area contributed by atoms with E-state index in [1.54, 1.807) is 35.1 Å². The van der Waals surface area contributed by atoms with E-state index in [0.29, 0.717) is 23.7 Å². The zero-order valence-corrected chi connectivity index (χ0v) is 12.4. The number of likely N-dealkylation sites (tertiary alicyclic amines) is 1. The quantitative estimate of drug-likeness (QED) is 0.939. The van der Waals surface area contributed by atoms with Gasteiger partial charge in [0.25, 0.3) is 5.91 Å². The number of carboxylic acid groups (broad SMARTS) is 1. The van der Waals surface area contributed by atoms with Gasteiger partial charge in [0.1, 0.15) is 0 Å². The Labute approximate surface area is 131 Å². The van der Waals surface area contributed by atoms with Crippen LogP contribution in [0, 0.1) is 5.92 Å². The Balaban J connectivity index is 1.77. The second-order valence-corrected chi connectivity index (χ2v) is 5.64. The van der Waals surface area contributed by atoms with Gasteiger partial charge in [-0.25, -0.2) is 4.68 Å². The van der Waals surface area contributed by atoms with Crippen LogP contribution in [0.3, 0.4) is 0 Å². The Hall–Kier alpha value is -2.34. The van der Waals surface area contributed by atoms with Gasteiger partial charge in [-0.05, 0) is 30.7 Å². The van der Waals surface area contributed by atoms with Crippen molar-refractivity contribution in [3.63, 3.8) is 0 Å². The highest BCUT2D eigenvalue weighted by molar-refractivity contribution is 6.30. The van der Waals surface area contributed by atoms with Gasteiger partial charge in [-0.1, -0.05) is 17.7 Å². The van der Waals surface area contributed by atoms with Gasteiger partial charge >= 0.3 is 5.97 Å². The van der Waals surface area contributed by atoms with Crippen LogP contribution in [0.2, 0.25) is 5.02 Å². The number of aromatic nitrogens is 2. The van der Waals surface area contributed by atoms with Gasteiger partial charge in [-0.15, -0.1) is 0 Å². The summed E-state index contributed by atoms with van der Waals surface area (Å²) in [6.07, 6.45) is 2.17. The van der Waals surface area contributed by atoms with Gasteiger partial charge in [0.2, 0.25) is 0 Å². The molecule has 0 spiro atoms. The standard InChI is InChI=1S/C15H14ClN3O3/c16-11-2-1-3-12(8-11)19-7-5-13(17-19)14(20)18-6-4-10(9-18)15(21)22/h1-3,5,7-8,10H,4,6,9H2,(H,21,22)/t10-/m0/s1. The minimum absolute atomic E-state index is 0.234. The molecule has 1 N–H and O–H groups in total. The van der Waals surface area contributed by atoms with E-state index in [9.17, 15) is 9.59 Å². The van der Waals surface area contributed by atoms with Crippen LogP contribution in [0.25, 0.3) is 5.69 Å². The molecule has 2 heterocycles. The molecule has 3 rings (SSSR count). The normalized spacial score (nSPS) is 17.7. The summed E-state index contributed by atoms with van der Waals surface area (Å²) in [5.74, 6) is -1.59. The summed E-state index contributed by atoms with van der Waals surface area (Å²) < 4.78 is 1.57. The number of nitrogens with zero attached hydrogens (tertiary/aromatic N) is 3. The fourth-order valence-electron chi connectivity index (χ4n) is 2.51. The number of carbonyl (C=O) groups excluding carboxylic acids is 1. The molecule has 0 aliphatic carbocycles. The molecule has 1 aliphatic rings. The summed E-state index contributed by atoms with van der Waals surface area (Å²) in [5.41, 5.74) is 1.06. The van der Waals surface area contributed by atoms with E-state index >= 15 is 0 Å². The number of carbonyl (C=O) groups is 2. The fourth-order valence-corrected chi connectivity index (χ4v) is 2.69. The summed E-state index contributed by atoms with van der Waals surface area (Å²) in [7, 11) is 0. The monoisotopic (exact) mass is 319 g/mol. The molecule has 1 aliphatic heterocycles. The van der Waals surface area contributed by atoms with Crippen molar-refractivity contribution in [2.24, 2.45) is 5.92 Å². The minimum atomic E-state index is -0.861. The zero-order chi connectivity index (χ0) is 15.7. The van der Waals surface area contributed by atoms with Gasteiger partial charge in [-0.2, -0.15) is 5.10 Å². The Morgan fingerprint density at radius 1 is 1.32 bits per heavy atom. The van der Waals surface area contributed by atoms with E-state index in [-0.39, 0.29) is 12.5 Å². The predicted octanol–water partition coefficient (Wildman–Crippen LogP) is 2.07.